The van der Waals surface area contributed by atoms with Gasteiger partial charge in [0.15, 0.2) is 5.17 Å². The molecule has 5 nitrogen and oxygen atoms in total. The van der Waals surface area contributed by atoms with Crippen molar-refractivity contribution in [2.75, 3.05) is 0 Å². The number of amides is 1. The van der Waals surface area contributed by atoms with Crippen molar-refractivity contribution in [1.29, 1.82) is 5.41 Å². The monoisotopic (exact) mass is 282 g/mol. The molecule has 0 bridgehead atoms. The van der Waals surface area contributed by atoms with Crippen LogP contribution in [0.5, 0.6) is 0 Å². The summed E-state index contributed by atoms with van der Waals surface area (Å²) >= 11 is 7.31. The van der Waals surface area contributed by atoms with Gasteiger partial charge < -0.3 is 11.1 Å². The number of aliphatic imine (C=N–C) groups is 1. The van der Waals surface area contributed by atoms with Crippen molar-refractivity contribution in [2.24, 2.45) is 10.7 Å². The van der Waals surface area contributed by atoms with Crippen LogP contribution in [-0.4, -0.2) is 22.3 Å². The Hall–Kier alpha value is -1.53. The molecule has 1 amide bonds. The number of halogens is 1. The van der Waals surface area contributed by atoms with Crippen LogP contribution >= 0.6 is 23.4 Å². The molecule has 0 spiro atoms. The molecule has 1 unspecified atom stereocenters. The molecule has 1 aliphatic heterocycles. The van der Waals surface area contributed by atoms with Crippen molar-refractivity contribution in [3.8, 4) is 0 Å². The number of benzene rings is 1. The zero-order valence-electron chi connectivity index (χ0n) is 9.31. The van der Waals surface area contributed by atoms with Gasteiger partial charge in [0.2, 0.25) is 11.9 Å². The van der Waals surface area contributed by atoms with Gasteiger partial charge in [0, 0.05) is 5.02 Å². The summed E-state index contributed by atoms with van der Waals surface area (Å²) in [7, 11) is 0. The molecule has 1 aliphatic rings. The maximum Gasteiger partial charge on any atom is 0.239 e. The van der Waals surface area contributed by atoms with Crippen LogP contribution in [0, 0.1) is 5.41 Å². The first-order valence-corrected chi connectivity index (χ1v) is 6.45. The molecule has 1 aromatic rings. The van der Waals surface area contributed by atoms with E-state index in [1.54, 1.807) is 6.07 Å². The Morgan fingerprint density at radius 1 is 1.56 bits per heavy atom. The predicted molar refractivity (Wildman–Crippen MR) is 74.0 cm³/mol. The fourth-order valence-corrected chi connectivity index (χ4v) is 2.79. The summed E-state index contributed by atoms with van der Waals surface area (Å²) in [4.78, 5) is 15.4. The smallest absolute Gasteiger partial charge is 0.239 e. The number of guanidine groups is 1. The molecule has 0 radical (unpaired) electrons. The molecule has 0 aromatic heterocycles. The van der Waals surface area contributed by atoms with Crippen LogP contribution in [0.1, 0.15) is 5.56 Å². The van der Waals surface area contributed by atoms with Crippen molar-refractivity contribution in [3.05, 3.63) is 34.9 Å². The third kappa shape index (κ3) is 3.02. The molecule has 1 heterocycles. The fraction of sp³-hybridized carbons (Fsp3) is 0.182. The second kappa shape index (κ2) is 5.41. The second-order valence-electron chi connectivity index (χ2n) is 3.69. The van der Waals surface area contributed by atoms with E-state index < -0.39 is 0 Å². The zero-order chi connectivity index (χ0) is 13.1. The van der Waals surface area contributed by atoms with Gasteiger partial charge in [-0.25, -0.2) is 0 Å². The SMILES string of the molecule is N=C(N)/N=C1\NC(=O)C(Cc2ccccc2Cl)S1. The normalized spacial score (nSPS) is 21.1. The van der Waals surface area contributed by atoms with Gasteiger partial charge in [0.1, 0.15) is 0 Å². The van der Waals surface area contributed by atoms with Gasteiger partial charge in [-0.1, -0.05) is 41.6 Å². The Kier molecular flexibility index (Phi) is 3.88. The third-order valence-corrected chi connectivity index (χ3v) is 3.81. The number of hydrogen-bond donors (Lipinski definition) is 3. The van der Waals surface area contributed by atoms with Crippen LogP contribution in [0.3, 0.4) is 0 Å². The molecule has 1 saturated heterocycles. The van der Waals surface area contributed by atoms with Gasteiger partial charge in [-0.2, -0.15) is 4.99 Å². The average molecular weight is 283 g/mol. The fourth-order valence-electron chi connectivity index (χ4n) is 1.57. The van der Waals surface area contributed by atoms with Gasteiger partial charge in [-0.15, -0.1) is 0 Å². The number of amidine groups is 1. The van der Waals surface area contributed by atoms with Crippen LogP contribution in [0.25, 0.3) is 0 Å². The molecule has 1 aromatic carbocycles. The summed E-state index contributed by atoms with van der Waals surface area (Å²) in [6, 6.07) is 7.40. The summed E-state index contributed by atoms with van der Waals surface area (Å²) in [5.74, 6) is -0.462. The molecule has 1 fully saturated rings. The van der Waals surface area contributed by atoms with Gasteiger partial charge in [0.25, 0.3) is 0 Å². The zero-order valence-corrected chi connectivity index (χ0v) is 10.9. The van der Waals surface area contributed by atoms with Crippen molar-refractivity contribution in [1.82, 2.24) is 5.32 Å². The maximum atomic E-state index is 11.7. The highest BCUT2D eigenvalue weighted by atomic mass is 35.5. The third-order valence-electron chi connectivity index (χ3n) is 2.36. The molecule has 0 aliphatic carbocycles. The summed E-state index contributed by atoms with van der Waals surface area (Å²) in [6.07, 6.45) is 0.521. The Balaban J connectivity index is 2.10. The van der Waals surface area contributed by atoms with Crippen LogP contribution in [0.4, 0.5) is 0 Å². The molecule has 2 rings (SSSR count). The van der Waals surface area contributed by atoms with E-state index in [0.29, 0.717) is 16.6 Å². The first kappa shape index (κ1) is 12.9. The summed E-state index contributed by atoms with van der Waals surface area (Å²) in [5, 5.41) is 10.4. The molecule has 94 valence electrons. The summed E-state index contributed by atoms with van der Waals surface area (Å²) < 4.78 is 0. The Bertz CT molecular complexity index is 532. The Labute approximate surface area is 113 Å². The van der Waals surface area contributed by atoms with Gasteiger partial charge in [0.05, 0.1) is 5.25 Å². The predicted octanol–water partition coefficient (Wildman–Crippen LogP) is 1.36. The molecule has 7 heteroatoms. The van der Waals surface area contributed by atoms with E-state index in [2.05, 4.69) is 10.3 Å². The summed E-state index contributed by atoms with van der Waals surface area (Å²) in [6.45, 7) is 0. The van der Waals surface area contributed by atoms with Gasteiger partial charge in [-0.05, 0) is 18.1 Å². The molecular formula is C11H11ClN4OS. The number of thioether (sulfide) groups is 1. The molecular weight excluding hydrogens is 272 g/mol. The van der Waals surface area contributed by atoms with Gasteiger partial charge >= 0.3 is 0 Å². The minimum Gasteiger partial charge on any atom is -0.368 e. The molecule has 0 saturated carbocycles. The van der Waals surface area contributed by atoms with Crippen LogP contribution in [0.2, 0.25) is 5.02 Å². The number of carbonyl (C=O) groups is 1. The lowest BCUT2D eigenvalue weighted by Crippen LogP contribution is -2.26. The number of rotatable bonds is 2. The maximum absolute atomic E-state index is 11.7. The largest absolute Gasteiger partial charge is 0.368 e. The first-order chi connectivity index (χ1) is 8.56. The highest BCUT2D eigenvalue weighted by Crippen LogP contribution is 2.26. The van der Waals surface area contributed by atoms with Crippen molar-refractivity contribution in [2.45, 2.75) is 11.7 Å². The van der Waals surface area contributed by atoms with E-state index in [0.717, 1.165) is 5.56 Å². The standard InChI is InChI=1S/C11H11ClN4OS/c12-7-4-2-1-3-6(7)5-8-9(17)15-11(18-8)16-10(13)14/h1-4,8H,5H2,(H4,13,14,15,16,17). The van der Waals surface area contributed by atoms with Crippen LogP contribution < -0.4 is 11.1 Å². The van der Waals surface area contributed by atoms with E-state index in [1.807, 2.05) is 18.2 Å². The van der Waals surface area contributed by atoms with E-state index in [9.17, 15) is 4.79 Å². The highest BCUT2D eigenvalue weighted by Gasteiger charge is 2.30. The number of nitrogens with two attached hydrogens (primary N) is 1. The number of carbonyl (C=O) groups excluding carboxylic acids is 1. The number of nitrogens with zero attached hydrogens (tertiary/aromatic N) is 1. The topological polar surface area (TPSA) is 91.3 Å². The van der Waals surface area contributed by atoms with Crippen molar-refractivity contribution < 1.29 is 4.79 Å². The van der Waals surface area contributed by atoms with Crippen molar-refractivity contribution in [3.63, 3.8) is 0 Å². The van der Waals surface area contributed by atoms with Crippen LogP contribution in [-0.2, 0) is 11.2 Å². The lowest BCUT2D eigenvalue weighted by Gasteiger charge is -2.06. The van der Waals surface area contributed by atoms with Crippen molar-refractivity contribution >= 4 is 40.4 Å². The van der Waals surface area contributed by atoms with Gasteiger partial charge in [-0.3, -0.25) is 10.2 Å². The lowest BCUT2D eigenvalue weighted by atomic mass is 10.1. The minimum atomic E-state index is -0.323. The minimum absolute atomic E-state index is 0.139. The Morgan fingerprint density at radius 2 is 2.28 bits per heavy atom. The Morgan fingerprint density at radius 3 is 2.94 bits per heavy atom. The quantitative estimate of drug-likeness (QED) is 0.565. The average Bonchev–Trinajstić information content (AvgIpc) is 2.61. The molecule has 1 atom stereocenters. The highest BCUT2D eigenvalue weighted by molar-refractivity contribution is 8.15. The lowest BCUT2D eigenvalue weighted by molar-refractivity contribution is -0.118. The number of hydrogen-bond acceptors (Lipinski definition) is 3. The first-order valence-electron chi connectivity index (χ1n) is 5.20. The van der Waals surface area contributed by atoms with E-state index >= 15 is 0 Å². The van der Waals surface area contributed by atoms with E-state index in [-0.39, 0.29) is 17.1 Å². The summed E-state index contributed by atoms with van der Waals surface area (Å²) in [5.41, 5.74) is 6.06. The van der Waals surface area contributed by atoms with E-state index in [4.69, 9.17) is 22.7 Å². The molecule has 18 heavy (non-hydrogen) atoms. The van der Waals surface area contributed by atoms with E-state index in [1.165, 1.54) is 11.8 Å². The second-order valence-corrected chi connectivity index (χ2v) is 5.29. The molecule has 4 N–H and O–H groups in total. The number of nitrogens with one attached hydrogen (secondary N) is 2. The van der Waals surface area contributed by atoms with Crippen LogP contribution in [0.15, 0.2) is 29.3 Å².